The third-order valence-electron chi connectivity index (χ3n) is 13.4. The van der Waals surface area contributed by atoms with Gasteiger partial charge in [-0.3, -0.25) is 28.8 Å². The van der Waals surface area contributed by atoms with Gasteiger partial charge in [-0.25, -0.2) is 0 Å². The van der Waals surface area contributed by atoms with E-state index < -0.39 is 29.0 Å². The number of amides is 6. The summed E-state index contributed by atoms with van der Waals surface area (Å²) >= 11 is 0. The topological polar surface area (TPSA) is 151 Å². The van der Waals surface area contributed by atoms with Crippen molar-refractivity contribution in [3.05, 3.63) is 71.8 Å². The van der Waals surface area contributed by atoms with Crippen LogP contribution in [0.2, 0.25) is 0 Å². The van der Waals surface area contributed by atoms with Crippen LogP contribution in [0, 0.1) is 16.7 Å². The zero-order valence-electron chi connectivity index (χ0n) is 41.3. The van der Waals surface area contributed by atoms with E-state index in [-0.39, 0.29) is 66.3 Å². The van der Waals surface area contributed by atoms with E-state index in [1.54, 1.807) is 14.0 Å². The molecule has 0 radical (unpaired) electrons. The largest absolute Gasteiger partial charge is 0.344 e. The van der Waals surface area contributed by atoms with Crippen LogP contribution in [0.3, 0.4) is 0 Å². The lowest BCUT2D eigenvalue weighted by molar-refractivity contribution is -0.142. The maximum atomic E-state index is 14.3. The minimum absolute atomic E-state index is 0.0586. The van der Waals surface area contributed by atoms with Crippen LogP contribution in [0.5, 0.6) is 0 Å². The summed E-state index contributed by atoms with van der Waals surface area (Å²) in [6.07, 6.45) is 5.80. The van der Waals surface area contributed by atoms with Crippen LogP contribution < -0.4 is 16.0 Å². The molecule has 0 unspecified atom stereocenters. The SMILES string of the molecule is CC[C@@H](C)C(=O)N[C@H](C(=O)N1CCC[C@H]1CN(CCc1ccccc1)C(=O)CCCC(=O)N(CCc1ccccc1)C[C@@H]1CCCN1C(=O)[C@@H](NC(=O)[C@H](C)NC)C(C)(C)C)C(C)(C)C. The van der Waals surface area contributed by atoms with Gasteiger partial charge in [0.2, 0.25) is 35.4 Å². The first kappa shape index (κ1) is 52.8. The van der Waals surface area contributed by atoms with Crippen molar-refractivity contribution in [2.24, 2.45) is 16.7 Å². The van der Waals surface area contributed by atoms with Gasteiger partial charge in [0.1, 0.15) is 12.1 Å². The molecule has 6 atom stereocenters. The molecule has 13 heteroatoms. The second-order valence-electron chi connectivity index (χ2n) is 20.6. The first-order valence-corrected chi connectivity index (χ1v) is 24.3. The molecule has 2 aromatic carbocycles. The summed E-state index contributed by atoms with van der Waals surface area (Å²) in [6.45, 7) is 20.2. The van der Waals surface area contributed by atoms with Gasteiger partial charge < -0.3 is 35.6 Å². The Morgan fingerprint density at radius 2 is 1.05 bits per heavy atom. The van der Waals surface area contributed by atoms with E-state index in [4.69, 9.17) is 0 Å². The lowest BCUT2D eigenvalue weighted by atomic mass is 9.85. The Morgan fingerprint density at radius 3 is 1.42 bits per heavy atom. The van der Waals surface area contributed by atoms with Gasteiger partial charge in [-0.05, 0) is 87.3 Å². The monoisotopic (exact) mass is 900 g/mol. The number of nitrogens with one attached hydrogen (secondary N) is 3. The number of likely N-dealkylation sites (tertiary alicyclic amines) is 2. The summed E-state index contributed by atoms with van der Waals surface area (Å²) in [5, 5.41) is 9.02. The van der Waals surface area contributed by atoms with E-state index in [1.807, 2.05) is 136 Å². The highest BCUT2D eigenvalue weighted by Crippen LogP contribution is 2.29. The van der Waals surface area contributed by atoms with Crippen molar-refractivity contribution in [3.63, 3.8) is 0 Å². The number of carbonyl (C=O) groups excluding carboxylic acids is 6. The number of likely N-dealkylation sites (N-methyl/N-ethyl adjacent to an activating group) is 1. The van der Waals surface area contributed by atoms with E-state index in [2.05, 4.69) is 16.0 Å². The zero-order chi connectivity index (χ0) is 47.9. The first-order valence-electron chi connectivity index (χ1n) is 24.3. The fourth-order valence-electron chi connectivity index (χ4n) is 8.80. The van der Waals surface area contributed by atoms with Crippen LogP contribution in [0.25, 0.3) is 0 Å². The number of hydrogen-bond donors (Lipinski definition) is 3. The van der Waals surface area contributed by atoms with Crippen molar-refractivity contribution in [1.82, 2.24) is 35.6 Å². The van der Waals surface area contributed by atoms with Crippen molar-refractivity contribution >= 4 is 35.4 Å². The second kappa shape index (κ2) is 24.7. The van der Waals surface area contributed by atoms with Crippen LogP contribution in [-0.2, 0) is 41.6 Å². The molecule has 0 aliphatic carbocycles. The number of rotatable bonds is 22. The lowest BCUT2D eigenvalue weighted by Crippen LogP contribution is -2.59. The molecule has 2 heterocycles. The van der Waals surface area contributed by atoms with Gasteiger partial charge in [0, 0.05) is 70.1 Å². The summed E-state index contributed by atoms with van der Waals surface area (Å²) < 4.78 is 0. The van der Waals surface area contributed by atoms with E-state index in [0.29, 0.717) is 65.0 Å². The van der Waals surface area contributed by atoms with Gasteiger partial charge in [0.05, 0.1) is 6.04 Å². The molecule has 2 fully saturated rings. The second-order valence-corrected chi connectivity index (χ2v) is 20.6. The molecule has 4 rings (SSSR count). The fourth-order valence-corrected chi connectivity index (χ4v) is 8.80. The van der Waals surface area contributed by atoms with E-state index in [0.717, 1.165) is 36.8 Å². The summed E-state index contributed by atoms with van der Waals surface area (Å²) in [6, 6.07) is 17.8. The smallest absolute Gasteiger partial charge is 0.246 e. The fraction of sp³-hybridized carbons (Fsp3) is 0.654. The van der Waals surface area contributed by atoms with Crippen LogP contribution >= 0.6 is 0 Å². The average Bonchev–Trinajstić information content (AvgIpc) is 3.95. The molecule has 13 nitrogen and oxygen atoms in total. The molecule has 2 saturated heterocycles. The lowest BCUT2D eigenvalue weighted by Gasteiger charge is -2.38. The van der Waals surface area contributed by atoms with Crippen LogP contribution in [-0.4, -0.2) is 132 Å². The third-order valence-corrected chi connectivity index (χ3v) is 13.4. The van der Waals surface area contributed by atoms with Gasteiger partial charge in [-0.2, -0.15) is 0 Å². The highest BCUT2D eigenvalue weighted by Gasteiger charge is 2.42. The number of benzene rings is 2. The van der Waals surface area contributed by atoms with Gasteiger partial charge in [0.15, 0.2) is 0 Å². The van der Waals surface area contributed by atoms with Crippen molar-refractivity contribution in [2.75, 3.05) is 46.3 Å². The van der Waals surface area contributed by atoms with Crippen LogP contribution in [0.1, 0.15) is 125 Å². The molecule has 2 aromatic rings. The highest BCUT2D eigenvalue weighted by atomic mass is 16.2. The van der Waals surface area contributed by atoms with E-state index >= 15 is 0 Å². The zero-order valence-corrected chi connectivity index (χ0v) is 41.3. The summed E-state index contributed by atoms with van der Waals surface area (Å²) in [5.74, 6) is -0.956. The molecule has 3 N–H and O–H groups in total. The Kier molecular flexibility index (Phi) is 20.0. The Balaban J connectivity index is 1.49. The standard InChI is InChI=1S/C52H81N7O6/c1-11-37(2)47(62)54-45(51(4,5)6)49(64)58-31-19-25-41(58)35-56(33-29-39-21-14-12-15-22-39)43(60)27-18-28-44(61)57(34-30-40-23-16-13-17-24-40)36-42-26-20-32-59(42)50(65)46(52(7,8)9)55-48(63)38(3)53-10/h12-17,21-24,37-38,41-42,45-46,53H,11,18-20,25-36H2,1-10H3,(H,54,62)(H,55,63)/t37-,38+,41+,42+,45-,46-/m1/s1. The minimum Gasteiger partial charge on any atom is -0.344 e. The Bertz CT molecular complexity index is 1730. The molecule has 0 aromatic heterocycles. The van der Waals surface area contributed by atoms with Crippen LogP contribution in [0.4, 0.5) is 0 Å². The predicted molar refractivity (Wildman–Crippen MR) is 258 cm³/mol. The molecule has 0 bridgehead atoms. The van der Waals surface area contributed by atoms with Crippen molar-refractivity contribution < 1.29 is 28.8 Å². The molecule has 0 spiro atoms. The number of nitrogens with zero attached hydrogens (tertiary/aromatic N) is 4. The average molecular weight is 900 g/mol. The normalized spacial score (nSPS) is 18.4. The molecule has 65 heavy (non-hydrogen) atoms. The maximum absolute atomic E-state index is 14.3. The maximum Gasteiger partial charge on any atom is 0.246 e. The van der Waals surface area contributed by atoms with Crippen LogP contribution in [0.15, 0.2) is 60.7 Å². The molecule has 6 amide bonds. The minimum atomic E-state index is -0.736. The summed E-state index contributed by atoms with van der Waals surface area (Å²) in [4.78, 5) is 90.7. The number of hydrogen-bond acceptors (Lipinski definition) is 7. The summed E-state index contributed by atoms with van der Waals surface area (Å²) in [5.41, 5.74) is 1.16. The quantitative estimate of drug-likeness (QED) is 0.131. The van der Waals surface area contributed by atoms with Gasteiger partial charge in [-0.1, -0.05) is 116 Å². The van der Waals surface area contributed by atoms with E-state index in [9.17, 15) is 28.8 Å². The van der Waals surface area contributed by atoms with Gasteiger partial charge in [0.25, 0.3) is 0 Å². The molecule has 360 valence electrons. The van der Waals surface area contributed by atoms with Crippen molar-refractivity contribution in [3.8, 4) is 0 Å². The van der Waals surface area contributed by atoms with Gasteiger partial charge >= 0.3 is 0 Å². The Morgan fingerprint density at radius 1 is 0.646 bits per heavy atom. The van der Waals surface area contributed by atoms with Crippen molar-refractivity contribution in [1.29, 1.82) is 0 Å². The molecular formula is C52H81N7O6. The summed E-state index contributed by atoms with van der Waals surface area (Å²) in [7, 11) is 1.71. The Labute approximate surface area is 390 Å². The number of carbonyl (C=O) groups is 6. The van der Waals surface area contributed by atoms with Gasteiger partial charge in [-0.15, -0.1) is 0 Å². The molecule has 2 aliphatic rings. The van der Waals surface area contributed by atoms with E-state index in [1.165, 1.54) is 0 Å². The predicted octanol–water partition coefficient (Wildman–Crippen LogP) is 6.00. The third kappa shape index (κ3) is 15.7. The first-order chi connectivity index (χ1) is 30.7. The molecule has 0 saturated carbocycles. The highest BCUT2D eigenvalue weighted by molar-refractivity contribution is 5.91. The Hall–Kier alpha value is -4.78. The molecule has 2 aliphatic heterocycles. The van der Waals surface area contributed by atoms with Crippen molar-refractivity contribution in [2.45, 2.75) is 157 Å². The molecular weight excluding hydrogens is 819 g/mol.